The standard InChI is InChI=1S/C18H20N2O5S/c1-14-5-6-16(25-14)7-8-18(21)19-15-3-2-4-17(13-15)26(22,23)20-9-11-24-12-10-20/h2-8,13H,9-12H2,1H3,(H,19,21)/b8-7+. The summed E-state index contributed by atoms with van der Waals surface area (Å²) in [7, 11) is -3.60. The zero-order valence-electron chi connectivity index (χ0n) is 14.3. The lowest BCUT2D eigenvalue weighted by Crippen LogP contribution is -2.40. The van der Waals surface area contributed by atoms with Crippen LogP contribution in [0, 0.1) is 6.92 Å². The van der Waals surface area contributed by atoms with Crippen molar-refractivity contribution in [3.63, 3.8) is 0 Å². The van der Waals surface area contributed by atoms with E-state index < -0.39 is 10.0 Å². The van der Waals surface area contributed by atoms with Crippen molar-refractivity contribution in [2.24, 2.45) is 0 Å². The van der Waals surface area contributed by atoms with Crippen molar-refractivity contribution < 1.29 is 22.4 Å². The molecule has 0 bridgehead atoms. The minimum Gasteiger partial charge on any atom is -0.462 e. The van der Waals surface area contributed by atoms with Crippen molar-refractivity contribution in [2.75, 3.05) is 31.6 Å². The number of morpholine rings is 1. The number of hydrogen-bond acceptors (Lipinski definition) is 5. The van der Waals surface area contributed by atoms with Crippen LogP contribution in [0.25, 0.3) is 6.08 Å². The van der Waals surface area contributed by atoms with Gasteiger partial charge in [-0.3, -0.25) is 4.79 Å². The van der Waals surface area contributed by atoms with Crippen LogP contribution in [0.4, 0.5) is 5.69 Å². The van der Waals surface area contributed by atoms with Gasteiger partial charge in [0.15, 0.2) is 0 Å². The lowest BCUT2D eigenvalue weighted by molar-refractivity contribution is -0.111. The molecule has 0 aliphatic carbocycles. The van der Waals surface area contributed by atoms with E-state index in [1.807, 2.05) is 6.92 Å². The molecular formula is C18H20N2O5S. The lowest BCUT2D eigenvalue weighted by atomic mass is 10.3. The number of carbonyl (C=O) groups is 1. The first-order valence-electron chi connectivity index (χ1n) is 8.18. The number of nitrogens with one attached hydrogen (secondary N) is 1. The Labute approximate surface area is 152 Å². The van der Waals surface area contributed by atoms with Gasteiger partial charge >= 0.3 is 0 Å². The molecule has 1 aliphatic heterocycles. The van der Waals surface area contributed by atoms with Crippen molar-refractivity contribution in [3.8, 4) is 0 Å². The van der Waals surface area contributed by atoms with Gasteiger partial charge in [-0.2, -0.15) is 4.31 Å². The molecule has 26 heavy (non-hydrogen) atoms. The first-order chi connectivity index (χ1) is 12.4. The smallest absolute Gasteiger partial charge is 0.248 e. The minimum absolute atomic E-state index is 0.142. The predicted molar refractivity (Wildman–Crippen MR) is 97.1 cm³/mol. The fourth-order valence-corrected chi connectivity index (χ4v) is 4.01. The van der Waals surface area contributed by atoms with E-state index in [-0.39, 0.29) is 10.8 Å². The molecule has 1 aliphatic rings. The molecule has 1 amide bonds. The summed E-state index contributed by atoms with van der Waals surface area (Å²) in [6.45, 7) is 3.23. The first kappa shape index (κ1) is 18.4. The van der Waals surface area contributed by atoms with Crippen LogP contribution in [0.5, 0.6) is 0 Å². The van der Waals surface area contributed by atoms with E-state index in [0.29, 0.717) is 37.8 Å². The second-order valence-electron chi connectivity index (χ2n) is 5.82. The number of carbonyl (C=O) groups excluding carboxylic acids is 1. The van der Waals surface area contributed by atoms with Gasteiger partial charge in [-0.05, 0) is 43.3 Å². The first-order valence-corrected chi connectivity index (χ1v) is 9.63. The number of rotatable bonds is 5. The van der Waals surface area contributed by atoms with Crippen LogP contribution in [0.2, 0.25) is 0 Å². The third kappa shape index (κ3) is 4.40. The van der Waals surface area contributed by atoms with E-state index in [2.05, 4.69) is 5.32 Å². The quantitative estimate of drug-likeness (QED) is 0.809. The van der Waals surface area contributed by atoms with Gasteiger partial charge in [0, 0.05) is 24.9 Å². The summed E-state index contributed by atoms with van der Waals surface area (Å²) < 4.78 is 37.3. The van der Waals surface area contributed by atoms with Gasteiger partial charge in [0.05, 0.1) is 18.1 Å². The third-order valence-electron chi connectivity index (χ3n) is 3.87. The Morgan fingerprint density at radius 2 is 1.96 bits per heavy atom. The number of anilines is 1. The maximum atomic E-state index is 12.7. The van der Waals surface area contributed by atoms with Crippen LogP contribution in [0.15, 0.2) is 51.8 Å². The highest BCUT2D eigenvalue weighted by molar-refractivity contribution is 7.89. The molecule has 8 heteroatoms. The van der Waals surface area contributed by atoms with Gasteiger partial charge in [-0.1, -0.05) is 6.07 Å². The second-order valence-corrected chi connectivity index (χ2v) is 7.75. The van der Waals surface area contributed by atoms with Gasteiger partial charge in [0.1, 0.15) is 11.5 Å². The summed E-state index contributed by atoms with van der Waals surface area (Å²) >= 11 is 0. The molecule has 2 aromatic rings. The number of furan rings is 1. The number of amides is 1. The third-order valence-corrected chi connectivity index (χ3v) is 5.76. The minimum atomic E-state index is -3.60. The van der Waals surface area contributed by atoms with E-state index in [0.717, 1.165) is 5.76 Å². The SMILES string of the molecule is Cc1ccc(/C=C/C(=O)Nc2cccc(S(=O)(=O)N3CCOCC3)c2)o1. The molecule has 2 heterocycles. The maximum Gasteiger partial charge on any atom is 0.248 e. The Morgan fingerprint density at radius 1 is 1.19 bits per heavy atom. The number of hydrogen-bond donors (Lipinski definition) is 1. The van der Waals surface area contributed by atoms with Crippen molar-refractivity contribution in [1.29, 1.82) is 0 Å². The molecular weight excluding hydrogens is 356 g/mol. The summed E-state index contributed by atoms with van der Waals surface area (Å²) in [6.07, 6.45) is 2.89. The molecule has 138 valence electrons. The van der Waals surface area contributed by atoms with Crippen molar-refractivity contribution in [2.45, 2.75) is 11.8 Å². The summed E-state index contributed by atoms with van der Waals surface area (Å²) in [5, 5.41) is 2.66. The van der Waals surface area contributed by atoms with Crippen LogP contribution in [-0.4, -0.2) is 44.9 Å². The number of sulfonamides is 1. The Hall–Kier alpha value is -2.42. The second kappa shape index (κ2) is 7.86. The van der Waals surface area contributed by atoms with Crippen LogP contribution in [0.3, 0.4) is 0 Å². The summed E-state index contributed by atoms with van der Waals surface area (Å²) in [4.78, 5) is 12.2. The largest absolute Gasteiger partial charge is 0.462 e. The summed E-state index contributed by atoms with van der Waals surface area (Å²) in [5.41, 5.74) is 0.407. The van der Waals surface area contributed by atoms with Crippen molar-refractivity contribution in [1.82, 2.24) is 4.31 Å². The number of ether oxygens (including phenoxy) is 1. The highest BCUT2D eigenvalue weighted by Gasteiger charge is 2.26. The molecule has 0 spiro atoms. The molecule has 3 rings (SSSR count). The topological polar surface area (TPSA) is 88.9 Å². The van der Waals surface area contributed by atoms with E-state index in [4.69, 9.17) is 9.15 Å². The van der Waals surface area contributed by atoms with Gasteiger partial charge in [0.2, 0.25) is 15.9 Å². The highest BCUT2D eigenvalue weighted by Crippen LogP contribution is 2.20. The van der Waals surface area contributed by atoms with Gasteiger partial charge < -0.3 is 14.5 Å². The average molecular weight is 376 g/mol. The Bertz CT molecular complexity index is 911. The van der Waals surface area contributed by atoms with Gasteiger partial charge in [-0.25, -0.2) is 8.42 Å². The molecule has 7 nitrogen and oxygen atoms in total. The Balaban J connectivity index is 1.70. The Morgan fingerprint density at radius 3 is 2.65 bits per heavy atom. The van der Waals surface area contributed by atoms with Crippen LogP contribution < -0.4 is 5.32 Å². The molecule has 1 fully saturated rings. The molecule has 1 aromatic carbocycles. The molecule has 0 unspecified atom stereocenters. The lowest BCUT2D eigenvalue weighted by Gasteiger charge is -2.26. The molecule has 1 saturated heterocycles. The number of nitrogens with zero attached hydrogens (tertiary/aromatic N) is 1. The zero-order valence-corrected chi connectivity index (χ0v) is 15.2. The van der Waals surface area contributed by atoms with Crippen molar-refractivity contribution >= 4 is 27.7 Å². The van der Waals surface area contributed by atoms with Gasteiger partial charge in [0.25, 0.3) is 0 Å². The molecule has 0 atom stereocenters. The van der Waals surface area contributed by atoms with Crippen molar-refractivity contribution in [3.05, 3.63) is 54.0 Å². The molecule has 1 aromatic heterocycles. The number of benzene rings is 1. The molecule has 1 N–H and O–H groups in total. The van der Waals surface area contributed by atoms with Crippen LogP contribution in [-0.2, 0) is 19.6 Å². The van der Waals surface area contributed by atoms with E-state index in [1.54, 1.807) is 30.3 Å². The molecule has 0 saturated carbocycles. The van der Waals surface area contributed by atoms with Gasteiger partial charge in [-0.15, -0.1) is 0 Å². The van der Waals surface area contributed by atoms with Crippen LogP contribution in [0.1, 0.15) is 11.5 Å². The predicted octanol–water partition coefficient (Wildman–Crippen LogP) is 2.26. The van der Waals surface area contributed by atoms with E-state index >= 15 is 0 Å². The highest BCUT2D eigenvalue weighted by atomic mass is 32.2. The fraction of sp³-hybridized carbons (Fsp3) is 0.278. The number of aryl methyl sites for hydroxylation is 1. The monoisotopic (exact) mass is 376 g/mol. The molecule has 0 radical (unpaired) electrons. The average Bonchev–Trinajstić information content (AvgIpc) is 3.06. The van der Waals surface area contributed by atoms with E-state index in [1.165, 1.54) is 22.5 Å². The fourth-order valence-electron chi connectivity index (χ4n) is 2.56. The Kier molecular flexibility index (Phi) is 5.55. The summed E-state index contributed by atoms with van der Waals surface area (Å²) in [6, 6.07) is 9.77. The maximum absolute atomic E-state index is 12.7. The van der Waals surface area contributed by atoms with E-state index in [9.17, 15) is 13.2 Å². The zero-order chi connectivity index (χ0) is 18.6. The normalized spacial score (nSPS) is 16.0. The summed E-state index contributed by atoms with van der Waals surface area (Å²) in [5.74, 6) is 0.951. The van der Waals surface area contributed by atoms with Crippen LogP contribution >= 0.6 is 0 Å².